The minimum Gasteiger partial charge on any atom is -0.870 e. The van der Waals surface area contributed by atoms with Crippen LogP contribution in [0, 0.1) is 0 Å². The van der Waals surface area contributed by atoms with Crippen molar-refractivity contribution < 1.29 is 103 Å². The van der Waals surface area contributed by atoms with Crippen LogP contribution in [-0.4, -0.2) is 73.5 Å². The molecule has 12 aromatic rings. The number of carbonyl (C=O) groups is 3. The molecule has 0 unspecified atom stereocenters. The zero-order valence-corrected chi connectivity index (χ0v) is 58.3. The molecule has 102 heavy (non-hydrogen) atoms. The fraction of sp³-hybridized carbons (Fsp3) is 0.182. The number of carboxylic acid groups (broad SMARTS) is 1. The van der Waals surface area contributed by atoms with Gasteiger partial charge in [0.2, 0.25) is 0 Å². The molecule has 10 N–H and O–H groups in total. The van der Waals surface area contributed by atoms with Gasteiger partial charge in [-0.25, -0.2) is 0 Å². The summed E-state index contributed by atoms with van der Waals surface area (Å²) in [6.07, 6.45) is 6.01. The van der Waals surface area contributed by atoms with E-state index in [4.69, 9.17) is 73.5 Å². The molecule has 0 aliphatic heterocycles. The number of para-hydroxylation sites is 3. The van der Waals surface area contributed by atoms with Gasteiger partial charge in [-0.15, -0.1) is 12.4 Å². The van der Waals surface area contributed by atoms with Crippen molar-refractivity contribution in [3.63, 3.8) is 0 Å². The van der Waals surface area contributed by atoms with E-state index >= 15 is 0 Å². The standard InChI is InChI=1S/C26H25NO4.C24H21NO4.C20H20O7S.C7H10BNO2.ClH.Li.H2O/c1-2-29-26(28)15-21-7-3-4-9-24(21)31-17-19-13-23(22-10-11-30-25(22)14-19)20-8-5-6-18(12-20)16-27;25-14-16-4-3-6-18(10-16)21-11-17(12-23-20(21)8-9-28-23)15-29-22-7-2-1-5-19(22)13-24(26)27;1-3-24-20(21)12-15-6-4-5-7-17(15)26-13-14-10-18-16(8-9-25-18)19(11-14)27-28(2,22)23;9-5-6-2-1-3-7(4-6)8(10)11;;;/h3-14H,2,15-17,27H2,1H3;1-12H,13-15,25H2,(H,26,27);4-11H,3,12-13H2,1-2H3;1-4,10-11H,5,9H2;1H;;1H2/q;;;;;+1;/p-1. The number of benzene rings is 9. The maximum absolute atomic E-state index is 11.9. The van der Waals surface area contributed by atoms with Crippen molar-refractivity contribution in [2.45, 2.75) is 72.6 Å². The molecular weight excluding hydrogens is 1340 g/mol. The van der Waals surface area contributed by atoms with E-state index in [0.29, 0.717) is 96.4 Å². The van der Waals surface area contributed by atoms with Gasteiger partial charge in [0.05, 0.1) is 62.9 Å². The van der Waals surface area contributed by atoms with E-state index < -0.39 is 23.2 Å². The van der Waals surface area contributed by atoms with E-state index in [1.807, 2.05) is 103 Å². The third-order valence-corrected chi connectivity index (χ3v) is 15.7. The van der Waals surface area contributed by atoms with Crippen LogP contribution in [0.2, 0.25) is 0 Å². The summed E-state index contributed by atoms with van der Waals surface area (Å²) in [7, 11) is -5.09. The molecule has 3 aromatic heterocycles. The molecule has 0 bridgehead atoms. The summed E-state index contributed by atoms with van der Waals surface area (Å²) in [6, 6.07) is 62.1. The molecule has 0 saturated carbocycles. The number of carbonyl (C=O) groups excluding carboxylic acids is 2. The summed E-state index contributed by atoms with van der Waals surface area (Å²) in [6.45, 7) is 6.39. The van der Waals surface area contributed by atoms with Crippen molar-refractivity contribution in [1.82, 2.24) is 0 Å². The molecule has 21 nitrogen and oxygen atoms in total. The molecule has 0 saturated heterocycles. The summed E-state index contributed by atoms with van der Waals surface area (Å²) >= 11 is 0. The van der Waals surface area contributed by atoms with Crippen LogP contribution in [0.3, 0.4) is 0 Å². The predicted octanol–water partition coefficient (Wildman–Crippen LogP) is 9.54. The summed E-state index contributed by atoms with van der Waals surface area (Å²) < 4.78 is 72.8. The van der Waals surface area contributed by atoms with Crippen LogP contribution in [0.25, 0.3) is 55.2 Å². The largest absolute Gasteiger partial charge is 1.00 e. The van der Waals surface area contributed by atoms with E-state index in [0.717, 1.165) is 83.8 Å². The van der Waals surface area contributed by atoms with Gasteiger partial charge in [0, 0.05) is 47.1 Å². The first-order valence-corrected chi connectivity index (χ1v) is 33.5. The molecule has 25 heteroatoms. The van der Waals surface area contributed by atoms with Crippen LogP contribution in [0.5, 0.6) is 23.0 Å². The number of furan rings is 3. The molecule has 0 aliphatic carbocycles. The Balaban J connectivity index is 0.000000221. The van der Waals surface area contributed by atoms with Crippen molar-refractivity contribution in [3.05, 3.63) is 269 Å². The van der Waals surface area contributed by atoms with E-state index in [-0.39, 0.29) is 80.3 Å². The fourth-order valence-electron chi connectivity index (χ4n) is 10.7. The first kappa shape index (κ1) is 80.8. The quantitative estimate of drug-likeness (QED) is 0.0176. The number of hydrogen-bond donors (Lipinski definition) is 6. The van der Waals surface area contributed by atoms with Crippen LogP contribution < -0.4 is 59.9 Å². The fourth-order valence-corrected chi connectivity index (χ4v) is 11.1. The zero-order valence-electron chi connectivity index (χ0n) is 56.7. The van der Waals surface area contributed by atoms with Gasteiger partial charge in [-0.05, 0) is 160 Å². The summed E-state index contributed by atoms with van der Waals surface area (Å²) in [5.74, 6) is 0.466. The number of rotatable bonds is 25. The topological polar surface area (TPSA) is 349 Å². The number of nitrogens with two attached hydrogens (primary N) is 3. The van der Waals surface area contributed by atoms with E-state index in [9.17, 15) is 22.8 Å². The summed E-state index contributed by atoms with van der Waals surface area (Å²) in [4.78, 5) is 34.8. The molecule has 0 fully saturated rings. The van der Waals surface area contributed by atoms with Crippen molar-refractivity contribution in [3.8, 4) is 45.3 Å². The van der Waals surface area contributed by atoms with Crippen LogP contribution >= 0.6 is 12.4 Å². The Labute approximate surface area is 609 Å². The Hall–Kier alpha value is -10.1. The number of ether oxygens (including phenoxy) is 5. The van der Waals surface area contributed by atoms with Crippen molar-refractivity contribution in [2.75, 3.05) is 19.5 Å². The van der Waals surface area contributed by atoms with E-state index in [2.05, 4.69) is 30.3 Å². The molecular formula is C77H78BClLiN3O18S. The van der Waals surface area contributed by atoms with Gasteiger partial charge < -0.3 is 79.0 Å². The molecule has 3 heterocycles. The molecule has 0 atom stereocenters. The van der Waals surface area contributed by atoms with Crippen LogP contribution in [0.1, 0.15) is 63.9 Å². The third-order valence-electron chi connectivity index (χ3n) is 15.3. The van der Waals surface area contributed by atoms with E-state index in [1.54, 1.807) is 93.1 Å². The van der Waals surface area contributed by atoms with Crippen LogP contribution in [-0.2, 0) is 92.7 Å². The van der Waals surface area contributed by atoms with Gasteiger partial charge >= 0.3 is 54.0 Å². The number of halogens is 1. The first-order chi connectivity index (χ1) is 47.9. The van der Waals surface area contributed by atoms with Crippen molar-refractivity contribution in [1.29, 1.82) is 0 Å². The number of aliphatic carboxylic acids is 1. The van der Waals surface area contributed by atoms with E-state index in [1.165, 1.54) is 6.26 Å². The normalized spacial score (nSPS) is 10.6. The average molecular weight is 1420 g/mol. The van der Waals surface area contributed by atoms with Gasteiger partial charge in [0.1, 0.15) is 53.8 Å². The number of hydrogen-bond acceptors (Lipinski definition) is 20. The summed E-state index contributed by atoms with van der Waals surface area (Å²) in [5.41, 5.74) is 31.5. The Morgan fingerprint density at radius 2 is 0.824 bits per heavy atom. The predicted molar refractivity (Wildman–Crippen MR) is 388 cm³/mol. The second-order valence-electron chi connectivity index (χ2n) is 22.5. The Kier molecular flexibility index (Phi) is 31.5. The maximum atomic E-state index is 11.9. The molecule has 0 aliphatic rings. The minimum absolute atomic E-state index is 0. The van der Waals surface area contributed by atoms with Crippen molar-refractivity contribution in [2.24, 2.45) is 17.2 Å². The Morgan fingerprint density at radius 1 is 0.451 bits per heavy atom. The minimum atomic E-state index is -3.69. The SMILES string of the molecule is CCOC(=O)Cc1ccccc1OCc1cc(-c2cccc(CN)c2)c2ccoc2c1.CCOC(=O)Cc1ccccc1OCc1cc(OS(C)(=O)=O)c2ccoc2c1.Cl.NCc1cccc(-c2cc(COc3ccccc3CC(=O)O)cc3occc23)c1.NCc1cccc(B(O)O)c1.[Li+].[OH-]. The monoisotopic (exact) mass is 1420 g/mol. The van der Waals surface area contributed by atoms with Gasteiger partial charge in [0.15, 0.2) is 5.75 Å². The Bertz CT molecular complexity index is 4830. The van der Waals surface area contributed by atoms with Gasteiger partial charge in [-0.2, -0.15) is 8.42 Å². The zero-order chi connectivity index (χ0) is 70.3. The smallest absolute Gasteiger partial charge is 0.870 e. The number of fused-ring (bicyclic) bond motifs is 3. The first-order valence-electron chi connectivity index (χ1n) is 31.7. The molecule has 12 rings (SSSR count). The molecule has 9 aromatic carbocycles. The Morgan fingerprint density at radius 3 is 1.22 bits per heavy atom. The van der Waals surface area contributed by atoms with Gasteiger partial charge in [-0.3, -0.25) is 14.4 Å². The maximum Gasteiger partial charge on any atom is 1.00 e. The molecule has 526 valence electrons. The van der Waals surface area contributed by atoms with Crippen molar-refractivity contribution >= 4 is 85.9 Å². The van der Waals surface area contributed by atoms with Gasteiger partial charge in [-0.1, -0.05) is 115 Å². The number of carboxylic acids is 1. The molecule has 0 amide bonds. The number of esters is 2. The molecule has 0 spiro atoms. The van der Waals surface area contributed by atoms with Crippen LogP contribution in [0.4, 0.5) is 0 Å². The second-order valence-corrected chi connectivity index (χ2v) is 24.1. The molecule has 0 radical (unpaired) electrons. The average Bonchev–Trinajstić information content (AvgIpc) is 1.55. The second kappa shape index (κ2) is 39.8. The van der Waals surface area contributed by atoms with Crippen LogP contribution in [0.15, 0.2) is 232 Å². The van der Waals surface area contributed by atoms with Gasteiger partial charge in [0.25, 0.3) is 0 Å². The summed E-state index contributed by atoms with van der Waals surface area (Å²) in [5, 5.41) is 29.2. The third kappa shape index (κ3) is 23.2.